The van der Waals surface area contributed by atoms with Gasteiger partial charge < -0.3 is 0 Å². The Kier molecular flexibility index (Phi) is 5.04. The molecular formula is C15H23Br. The van der Waals surface area contributed by atoms with E-state index in [9.17, 15) is 0 Å². The third kappa shape index (κ3) is 4.69. The molecule has 0 aromatic heterocycles. The average molecular weight is 283 g/mol. The molecular weight excluding hydrogens is 260 g/mol. The second kappa shape index (κ2) is 5.86. The lowest BCUT2D eigenvalue weighted by atomic mass is 9.81. The van der Waals surface area contributed by atoms with Crippen molar-refractivity contribution in [3.05, 3.63) is 35.4 Å². The molecule has 0 radical (unpaired) electrons. The number of hydrogen-bond acceptors (Lipinski definition) is 0. The lowest BCUT2D eigenvalue weighted by Crippen LogP contribution is -2.18. The van der Waals surface area contributed by atoms with E-state index in [0.717, 1.165) is 12.8 Å². The Balaban J connectivity index is 2.64. The summed E-state index contributed by atoms with van der Waals surface area (Å²) in [7, 11) is 0. The second-order valence-corrected chi connectivity index (χ2v) is 7.06. The fourth-order valence-corrected chi connectivity index (χ4v) is 3.16. The molecule has 1 heteroatoms. The molecule has 90 valence electrons. The van der Waals surface area contributed by atoms with E-state index in [4.69, 9.17) is 0 Å². The van der Waals surface area contributed by atoms with Crippen molar-refractivity contribution < 1.29 is 0 Å². The van der Waals surface area contributed by atoms with E-state index in [1.807, 2.05) is 0 Å². The highest BCUT2D eigenvalue weighted by Gasteiger charge is 2.20. The van der Waals surface area contributed by atoms with Crippen LogP contribution in [0.3, 0.4) is 0 Å². The van der Waals surface area contributed by atoms with Gasteiger partial charge in [0.15, 0.2) is 0 Å². The molecule has 1 aromatic rings. The van der Waals surface area contributed by atoms with Gasteiger partial charge in [0, 0.05) is 4.83 Å². The standard InChI is InChI=1S/C15H23Br/c1-5-13-6-8-14(9-7-13)11-15(3,4)10-12(2)16/h6-9,12H,5,10-11H2,1-4H3. The lowest BCUT2D eigenvalue weighted by molar-refractivity contribution is 0.335. The van der Waals surface area contributed by atoms with Gasteiger partial charge in [-0.15, -0.1) is 0 Å². The maximum atomic E-state index is 3.65. The quantitative estimate of drug-likeness (QED) is 0.668. The van der Waals surface area contributed by atoms with Crippen LogP contribution in [0, 0.1) is 5.41 Å². The van der Waals surface area contributed by atoms with Crippen LogP contribution < -0.4 is 0 Å². The van der Waals surface area contributed by atoms with Gasteiger partial charge in [0.1, 0.15) is 0 Å². The second-order valence-electron chi connectivity index (χ2n) is 5.50. The van der Waals surface area contributed by atoms with Crippen LogP contribution in [0.5, 0.6) is 0 Å². The minimum Gasteiger partial charge on any atom is -0.0893 e. The predicted octanol–water partition coefficient (Wildman–Crippen LogP) is 4.99. The Morgan fingerprint density at radius 2 is 1.62 bits per heavy atom. The van der Waals surface area contributed by atoms with Gasteiger partial charge in [-0.3, -0.25) is 0 Å². The summed E-state index contributed by atoms with van der Waals surface area (Å²) in [6, 6.07) is 9.06. The smallest absolute Gasteiger partial charge is 0.0122 e. The zero-order valence-electron chi connectivity index (χ0n) is 10.9. The molecule has 0 saturated carbocycles. The molecule has 16 heavy (non-hydrogen) atoms. The fraction of sp³-hybridized carbons (Fsp3) is 0.600. The first-order valence-electron chi connectivity index (χ1n) is 6.15. The van der Waals surface area contributed by atoms with E-state index in [1.54, 1.807) is 0 Å². The van der Waals surface area contributed by atoms with Gasteiger partial charge in [-0.05, 0) is 35.8 Å². The van der Waals surface area contributed by atoms with E-state index in [-0.39, 0.29) is 0 Å². The van der Waals surface area contributed by atoms with Gasteiger partial charge in [-0.2, -0.15) is 0 Å². The van der Waals surface area contributed by atoms with Crippen molar-refractivity contribution in [1.82, 2.24) is 0 Å². The summed E-state index contributed by atoms with van der Waals surface area (Å²) in [6.45, 7) is 9.12. The molecule has 0 heterocycles. The van der Waals surface area contributed by atoms with Crippen LogP contribution in [-0.4, -0.2) is 4.83 Å². The number of hydrogen-bond donors (Lipinski definition) is 0. The van der Waals surface area contributed by atoms with Gasteiger partial charge in [0.05, 0.1) is 0 Å². The van der Waals surface area contributed by atoms with E-state index >= 15 is 0 Å². The van der Waals surface area contributed by atoms with Crippen LogP contribution in [0.15, 0.2) is 24.3 Å². The first kappa shape index (κ1) is 13.8. The van der Waals surface area contributed by atoms with Crippen molar-refractivity contribution in [3.63, 3.8) is 0 Å². The number of benzene rings is 1. The largest absolute Gasteiger partial charge is 0.0893 e. The Labute approximate surface area is 109 Å². The van der Waals surface area contributed by atoms with Crippen molar-refractivity contribution in [2.24, 2.45) is 5.41 Å². The minimum atomic E-state index is 0.372. The zero-order valence-corrected chi connectivity index (χ0v) is 12.5. The molecule has 1 rings (SSSR count). The summed E-state index contributed by atoms with van der Waals surface area (Å²) in [5.41, 5.74) is 3.25. The number of halogens is 1. The summed E-state index contributed by atoms with van der Waals surface area (Å²) in [5.74, 6) is 0. The van der Waals surface area contributed by atoms with Crippen molar-refractivity contribution in [2.45, 2.75) is 51.8 Å². The highest BCUT2D eigenvalue weighted by Crippen LogP contribution is 2.29. The minimum absolute atomic E-state index is 0.372. The first-order chi connectivity index (χ1) is 7.43. The molecule has 0 bridgehead atoms. The molecule has 0 aliphatic heterocycles. The summed E-state index contributed by atoms with van der Waals surface area (Å²) >= 11 is 3.65. The first-order valence-corrected chi connectivity index (χ1v) is 7.06. The van der Waals surface area contributed by atoms with Crippen molar-refractivity contribution in [1.29, 1.82) is 0 Å². The molecule has 0 spiro atoms. The summed E-state index contributed by atoms with van der Waals surface area (Å²) < 4.78 is 0. The van der Waals surface area contributed by atoms with Crippen molar-refractivity contribution in [2.75, 3.05) is 0 Å². The van der Waals surface area contributed by atoms with Gasteiger partial charge in [-0.25, -0.2) is 0 Å². The Morgan fingerprint density at radius 3 is 2.06 bits per heavy atom. The van der Waals surface area contributed by atoms with E-state index in [2.05, 4.69) is 67.9 Å². The molecule has 0 aliphatic carbocycles. The summed E-state index contributed by atoms with van der Waals surface area (Å²) in [6.07, 6.45) is 3.50. The van der Waals surface area contributed by atoms with Crippen LogP contribution in [0.1, 0.15) is 45.2 Å². The molecule has 1 aromatic carbocycles. The third-order valence-corrected chi connectivity index (χ3v) is 3.27. The number of alkyl halides is 1. The predicted molar refractivity (Wildman–Crippen MR) is 76.3 cm³/mol. The van der Waals surface area contributed by atoms with Gasteiger partial charge in [-0.1, -0.05) is 67.9 Å². The fourth-order valence-electron chi connectivity index (χ4n) is 2.28. The van der Waals surface area contributed by atoms with Crippen LogP contribution >= 0.6 is 15.9 Å². The molecule has 0 nitrogen and oxygen atoms in total. The normalized spacial score (nSPS) is 13.8. The Morgan fingerprint density at radius 1 is 1.12 bits per heavy atom. The molecule has 1 atom stereocenters. The highest BCUT2D eigenvalue weighted by atomic mass is 79.9. The SMILES string of the molecule is CCc1ccc(CC(C)(C)CC(C)Br)cc1. The van der Waals surface area contributed by atoms with Crippen LogP contribution in [0.2, 0.25) is 0 Å². The molecule has 0 N–H and O–H groups in total. The van der Waals surface area contributed by atoms with Crippen molar-refractivity contribution in [3.8, 4) is 0 Å². The molecule has 0 aliphatic rings. The molecule has 0 saturated heterocycles. The molecule has 0 fully saturated rings. The van der Waals surface area contributed by atoms with Gasteiger partial charge in [0.25, 0.3) is 0 Å². The molecule has 0 amide bonds. The maximum absolute atomic E-state index is 3.65. The van der Waals surface area contributed by atoms with Gasteiger partial charge in [0.2, 0.25) is 0 Å². The van der Waals surface area contributed by atoms with Gasteiger partial charge >= 0.3 is 0 Å². The van der Waals surface area contributed by atoms with Crippen LogP contribution in [0.4, 0.5) is 0 Å². The number of aryl methyl sites for hydroxylation is 1. The Bertz CT molecular complexity index is 309. The van der Waals surface area contributed by atoms with E-state index < -0.39 is 0 Å². The van der Waals surface area contributed by atoms with E-state index in [1.165, 1.54) is 17.5 Å². The molecule has 1 unspecified atom stereocenters. The van der Waals surface area contributed by atoms with Crippen molar-refractivity contribution >= 4 is 15.9 Å². The maximum Gasteiger partial charge on any atom is 0.0122 e. The average Bonchev–Trinajstić information content (AvgIpc) is 2.16. The summed E-state index contributed by atoms with van der Waals surface area (Å²) in [5, 5.41) is 0. The topological polar surface area (TPSA) is 0 Å². The highest BCUT2D eigenvalue weighted by molar-refractivity contribution is 9.09. The van der Waals surface area contributed by atoms with E-state index in [0.29, 0.717) is 10.2 Å². The van der Waals surface area contributed by atoms with Crippen LogP contribution in [-0.2, 0) is 12.8 Å². The monoisotopic (exact) mass is 282 g/mol. The summed E-state index contributed by atoms with van der Waals surface area (Å²) in [4.78, 5) is 0.595. The third-order valence-electron chi connectivity index (χ3n) is 2.95. The lowest BCUT2D eigenvalue weighted by Gasteiger charge is -2.26. The zero-order chi connectivity index (χ0) is 12.2. The number of rotatable bonds is 5. The Hall–Kier alpha value is -0.300. The van der Waals surface area contributed by atoms with Crippen LogP contribution in [0.25, 0.3) is 0 Å².